The Morgan fingerprint density at radius 2 is 1.32 bits per heavy atom. The first kappa shape index (κ1) is 18.5. The molecule has 2 saturated heterocycles. The predicted molar refractivity (Wildman–Crippen MR) is 105 cm³/mol. The zero-order valence-electron chi connectivity index (χ0n) is 16.3. The van der Waals surface area contributed by atoms with Crippen LogP contribution < -0.4 is 0 Å². The van der Waals surface area contributed by atoms with Crippen molar-refractivity contribution in [2.24, 2.45) is 17.8 Å². The van der Waals surface area contributed by atoms with E-state index in [0.717, 1.165) is 30.8 Å². The van der Waals surface area contributed by atoms with Crippen LogP contribution in [0.1, 0.15) is 70.6 Å². The van der Waals surface area contributed by atoms with Gasteiger partial charge in [-0.2, -0.15) is 8.61 Å². The van der Waals surface area contributed by atoms with Crippen molar-refractivity contribution < 1.29 is 8.37 Å². The van der Waals surface area contributed by atoms with Gasteiger partial charge in [-0.15, -0.1) is 0 Å². The molecule has 2 aliphatic heterocycles. The van der Waals surface area contributed by atoms with Gasteiger partial charge in [0, 0.05) is 25.7 Å². The minimum Gasteiger partial charge on any atom is -0.260 e. The van der Waals surface area contributed by atoms with Crippen LogP contribution in [0.25, 0.3) is 0 Å². The Kier molecular flexibility index (Phi) is 5.98. The highest BCUT2D eigenvalue weighted by Gasteiger charge is 2.46. The van der Waals surface area contributed by atoms with Crippen molar-refractivity contribution >= 4 is 11.0 Å². The van der Waals surface area contributed by atoms with Gasteiger partial charge in [-0.1, -0.05) is 43.1 Å². The van der Waals surface area contributed by atoms with Gasteiger partial charge in [-0.05, 0) is 56.3 Å². The second-order valence-corrected chi connectivity index (χ2v) is 11.2. The monoisotopic (exact) mass is 370 g/mol. The topological polar surface area (TPSA) is 24.9 Å². The molecule has 2 aliphatic carbocycles. The van der Waals surface area contributed by atoms with Crippen LogP contribution in [-0.4, -0.2) is 48.5 Å². The first-order valence-electron chi connectivity index (χ1n) is 10.7. The van der Waals surface area contributed by atoms with Crippen molar-refractivity contribution in [1.29, 1.82) is 0 Å². The van der Waals surface area contributed by atoms with Crippen molar-refractivity contribution in [3.8, 4) is 0 Å². The van der Waals surface area contributed by atoms with E-state index in [2.05, 4.69) is 8.61 Å². The molecule has 2 heterocycles. The summed E-state index contributed by atoms with van der Waals surface area (Å²) in [5, 5.41) is 0. The summed E-state index contributed by atoms with van der Waals surface area (Å²) in [4.78, 5) is 0. The molecule has 0 aromatic heterocycles. The molecule has 5 heteroatoms. The standard InChI is InChI=1S/C20H38N2O2S/c1-23-25(24-2,21-15-13-17-8-3-4-10-19(17)16-21)22-14-7-11-18-9-5-6-12-20(18)22/h17-20H,3-16H2,1-2H3. The van der Waals surface area contributed by atoms with Crippen LogP contribution in [0.3, 0.4) is 0 Å². The Hall–Kier alpha value is 0.190. The van der Waals surface area contributed by atoms with E-state index >= 15 is 0 Å². The fourth-order valence-corrected chi connectivity index (χ4v) is 9.19. The minimum atomic E-state index is -1.73. The summed E-state index contributed by atoms with van der Waals surface area (Å²) in [7, 11) is 2.07. The molecule has 4 unspecified atom stereocenters. The third-order valence-corrected chi connectivity index (χ3v) is 10.4. The van der Waals surface area contributed by atoms with Crippen LogP contribution in [0.5, 0.6) is 0 Å². The van der Waals surface area contributed by atoms with E-state index in [1.807, 2.05) is 14.2 Å². The summed E-state index contributed by atoms with van der Waals surface area (Å²) in [5.41, 5.74) is 0. The van der Waals surface area contributed by atoms with Gasteiger partial charge in [0.05, 0.1) is 14.2 Å². The van der Waals surface area contributed by atoms with Gasteiger partial charge >= 0.3 is 0 Å². The molecule has 0 spiro atoms. The van der Waals surface area contributed by atoms with E-state index in [1.54, 1.807) is 0 Å². The van der Waals surface area contributed by atoms with Crippen LogP contribution in [0.4, 0.5) is 0 Å². The SMILES string of the molecule is COS(OC)(N1CCC2CCCCC2C1)N1CCCC2CCCCC21. The molecule has 2 saturated carbocycles. The summed E-state index contributed by atoms with van der Waals surface area (Å²) in [6.07, 6.45) is 15.4. The van der Waals surface area contributed by atoms with E-state index in [9.17, 15) is 0 Å². The van der Waals surface area contributed by atoms with Crippen molar-refractivity contribution in [2.75, 3.05) is 33.9 Å². The fraction of sp³-hybridized carbons (Fsp3) is 1.00. The molecule has 4 nitrogen and oxygen atoms in total. The van der Waals surface area contributed by atoms with Gasteiger partial charge in [-0.25, -0.2) is 0 Å². The van der Waals surface area contributed by atoms with E-state index in [4.69, 9.17) is 8.37 Å². The summed E-state index contributed by atoms with van der Waals surface area (Å²) in [6.45, 7) is 3.50. The van der Waals surface area contributed by atoms with Gasteiger partial charge < -0.3 is 0 Å². The Bertz CT molecular complexity index is 443. The van der Waals surface area contributed by atoms with Crippen LogP contribution in [0, 0.1) is 17.8 Å². The molecule has 0 aromatic carbocycles. The fourth-order valence-electron chi connectivity index (χ4n) is 6.26. The number of piperidine rings is 2. The van der Waals surface area contributed by atoms with Crippen molar-refractivity contribution in [2.45, 2.75) is 76.7 Å². The summed E-state index contributed by atoms with van der Waals surface area (Å²) < 4.78 is 17.9. The molecule has 0 amide bonds. The number of hydrogen-bond donors (Lipinski definition) is 0. The predicted octanol–water partition coefficient (Wildman–Crippen LogP) is 4.91. The van der Waals surface area contributed by atoms with Crippen molar-refractivity contribution in [3.05, 3.63) is 0 Å². The maximum absolute atomic E-state index is 6.31. The lowest BCUT2D eigenvalue weighted by atomic mass is 9.76. The molecule has 4 fully saturated rings. The van der Waals surface area contributed by atoms with Gasteiger partial charge in [0.2, 0.25) is 0 Å². The molecule has 4 atom stereocenters. The lowest BCUT2D eigenvalue weighted by Crippen LogP contribution is -2.55. The zero-order chi connectivity index (χ0) is 17.3. The van der Waals surface area contributed by atoms with E-state index < -0.39 is 11.0 Å². The molecule has 25 heavy (non-hydrogen) atoms. The molecule has 0 aromatic rings. The smallest absolute Gasteiger partial charge is 0.0634 e. The van der Waals surface area contributed by atoms with Crippen LogP contribution in [0.2, 0.25) is 0 Å². The maximum Gasteiger partial charge on any atom is 0.0634 e. The molecule has 4 rings (SSSR count). The van der Waals surface area contributed by atoms with Gasteiger partial charge in [-0.3, -0.25) is 8.37 Å². The van der Waals surface area contributed by atoms with Gasteiger partial charge in [0.1, 0.15) is 0 Å². The zero-order valence-corrected chi connectivity index (χ0v) is 17.1. The molecule has 0 bridgehead atoms. The number of hydrogen-bond acceptors (Lipinski definition) is 4. The molecular formula is C20H38N2O2S. The minimum absolute atomic E-state index is 0.682. The van der Waals surface area contributed by atoms with E-state index in [1.165, 1.54) is 77.2 Å². The molecule has 4 aliphatic rings. The lowest BCUT2D eigenvalue weighted by Gasteiger charge is -2.62. The number of fused-ring (bicyclic) bond motifs is 2. The average Bonchev–Trinajstić information content (AvgIpc) is 2.69. The Balaban J connectivity index is 1.56. The second kappa shape index (κ2) is 8.05. The summed E-state index contributed by atoms with van der Waals surface area (Å²) in [5.74, 6) is 2.69. The van der Waals surface area contributed by atoms with E-state index in [0.29, 0.717) is 6.04 Å². The molecule has 0 N–H and O–H groups in total. The highest BCUT2D eigenvalue weighted by Crippen LogP contribution is 2.61. The number of rotatable bonds is 4. The highest BCUT2D eigenvalue weighted by atomic mass is 32.3. The number of nitrogens with zero attached hydrogens (tertiary/aromatic N) is 2. The molecule has 0 radical (unpaired) electrons. The van der Waals surface area contributed by atoms with Gasteiger partial charge in [0.15, 0.2) is 0 Å². The highest BCUT2D eigenvalue weighted by molar-refractivity contribution is 8.21. The van der Waals surface area contributed by atoms with Gasteiger partial charge in [0.25, 0.3) is 0 Å². The first-order valence-corrected chi connectivity index (χ1v) is 12.1. The van der Waals surface area contributed by atoms with Crippen LogP contribution >= 0.6 is 11.0 Å². The molecule has 146 valence electrons. The van der Waals surface area contributed by atoms with E-state index in [-0.39, 0.29) is 0 Å². The van der Waals surface area contributed by atoms with Crippen LogP contribution in [-0.2, 0) is 8.37 Å². The summed E-state index contributed by atoms with van der Waals surface area (Å²) >= 11 is 0. The third-order valence-electron chi connectivity index (χ3n) is 7.50. The average molecular weight is 371 g/mol. The van der Waals surface area contributed by atoms with Crippen LogP contribution in [0.15, 0.2) is 0 Å². The summed E-state index contributed by atoms with van der Waals surface area (Å²) in [6, 6.07) is 0.682. The first-order chi connectivity index (χ1) is 12.3. The van der Waals surface area contributed by atoms with Crippen molar-refractivity contribution in [3.63, 3.8) is 0 Å². The quantitative estimate of drug-likeness (QED) is 0.702. The largest absolute Gasteiger partial charge is 0.260 e. The Morgan fingerprint density at radius 3 is 2.08 bits per heavy atom. The molecular weight excluding hydrogens is 332 g/mol. The third kappa shape index (κ3) is 3.40. The Labute approximate surface area is 156 Å². The lowest BCUT2D eigenvalue weighted by molar-refractivity contribution is 0.0744. The van der Waals surface area contributed by atoms with Crippen molar-refractivity contribution in [1.82, 2.24) is 8.61 Å². The maximum atomic E-state index is 6.31. The normalized spacial score (nSPS) is 38.8. The Morgan fingerprint density at radius 1 is 0.680 bits per heavy atom. The second-order valence-electron chi connectivity index (χ2n) is 8.66.